The number of para-hydroxylation sites is 1. The van der Waals surface area contributed by atoms with E-state index in [1.54, 1.807) is 0 Å². The second-order valence-corrected chi connectivity index (χ2v) is 5.58. The Morgan fingerprint density at radius 1 is 1.12 bits per heavy atom. The topological polar surface area (TPSA) is 59.6 Å². The molecule has 1 unspecified atom stereocenters. The summed E-state index contributed by atoms with van der Waals surface area (Å²) in [6, 6.07) is 18.3. The van der Waals surface area contributed by atoms with Crippen LogP contribution < -0.4 is 15.8 Å². The lowest BCUT2D eigenvalue weighted by molar-refractivity contribution is 0.229. The lowest BCUT2D eigenvalue weighted by atomic mass is 10.1. The summed E-state index contributed by atoms with van der Waals surface area (Å²) in [5, 5.41) is 3.13. The number of rotatable bonds is 7. The second kappa shape index (κ2) is 10.9. The molecule has 0 saturated heterocycles. The van der Waals surface area contributed by atoms with Crippen LogP contribution in [0.5, 0.6) is 5.75 Å². The Balaban J connectivity index is 0.00000288. The fourth-order valence-corrected chi connectivity index (χ4v) is 2.21. The van der Waals surface area contributed by atoms with Gasteiger partial charge in [-0.15, -0.1) is 24.0 Å². The van der Waals surface area contributed by atoms with Crippen molar-refractivity contribution in [3.63, 3.8) is 0 Å². The molecule has 0 aromatic heterocycles. The van der Waals surface area contributed by atoms with Crippen molar-refractivity contribution < 1.29 is 4.74 Å². The van der Waals surface area contributed by atoms with E-state index in [4.69, 9.17) is 10.5 Å². The number of aryl methyl sites for hydroxylation is 1. The maximum atomic E-state index is 5.89. The van der Waals surface area contributed by atoms with E-state index in [1.807, 2.05) is 56.3 Å². The Morgan fingerprint density at radius 3 is 2.50 bits per heavy atom. The molecule has 2 aromatic carbocycles. The van der Waals surface area contributed by atoms with Gasteiger partial charge in [0.25, 0.3) is 0 Å². The van der Waals surface area contributed by atoms with E-state index in [9.17, 15) is 0 Å². The standard InChI is InChI=1S/C19H25N3O.HI/c1-15-8-6-7-11-18(15)23-16(2)14-22-19(20)21-13-12-17-9-4-3-5-10-17;/h3-11,16H,12-14H2,1-2H3,(H3,20,21,22);1H. The minimum atomic E-state index is -0.0226. The fraction of sp³-hybridized carbons (Fsp3) is 0.316. The fourth-order valence-electron chi connectivity index (χ4n) is 2.21. The highest BCUT2D eigenvalue weighted by Crippen LogP contribution is 2.17. The smallest absolute Gasteiger partial charge is 0.188 e. The normalized spacial score (nSPS) is 12.2. The predicted molar refractivity (Wildman–Crippen MR) is 111 cm³/mol. The molecule has 0 fully saturated rings. The summed E-state index contributed by atoms with van der Waals surface area (Å²) in [6.07, 6.45) is 0.900. The highest BCUT2D eigenvalue weighted by atomic mass is 127. The van der Waals surface area contributed by atoms with Crippen LogP contribution in [-0.2, 0) is 6.42 Å². The van der Waals surface area contributed by atoms with Crippen molar-refractivity contribution in [3.05, 3.63) is 65.7 Å². The molecule has 0 aliphatic rings. The molecule has 1 atom stereocenters. The van der Waals surface area contributed by atoms with Crippen LogP contribution in [-0.4, -0.2) is 25.2 Å². The molecule has 0 saturated carbocycles. The van der Waals surface area contributed by atoms with Crippen molar-refractivity contribution in [3.8, 4) is 5.75 Å². The van der Waals surface area contributed by atoms with Crippen LogP contribution in [0.4, 0.5) is 0 Å². The third kappa shape index (κ3) is 7.21. The molecule has 5 heteroatoms. The molecule has 0 bridgehead atoms. The van der Waals surface area contributed by atoms with E-state index in [2.05, 4.69) is 22.4 Å². The Hall–Kier alpha value is -1.76. The third-order valence-corrected chi connectivity index (χ3v) is 3.50. The van der Waals surface area contributed by atoms with E-state index >= 15 is 0 Å². The number of ether oxygens (including phenoxy) is 1. The Kier molecular flexibility index (Phi) is 9.22. The van der Waals surface area contributed by atoms with Gasteiger partial charge in [-0.1, -0.05) is 48.5 Å². The van der Waals surface area contributed by atoms with Crippen LogP contribution in [0, 0.1) is 6.92 Å². The van der Waals surface area contributed by atoms with Crippen molar-refractivity contribution in [2.75, 3.05) is 13.1 Å². The zero-order chi connectivity index (χ0) is 16.5. The first-order chi connectivity index (χ1) is 11.1. The molecule has 0 heterocycles. The number of halogens is 1. The predicted octanol–water partition coefficient (Wildman–Crippen LogP) is 3.53. The van der Waals surface area contributed by atoms with Crippen molar-refractivity contribution in [2.24, 2.45) is 10.7 Å². The molecule has 24 heavy (non-hydrogen) atoms. The summed E-state index contributed by atoms with van der Waals surface area (Å²) in [4.78, 5) is 4.34. The highest BCUT2D eigenvalue weighted by Gasteiger charge is 2.05. The molecule has 0 amide bonds. The number of nitrogens with two attached hydrogens (primary N) is 1. The zero-order valence-corrected chi connectivity index (χ0v) is 16.6. The lowest BCUT2D eigenvalue weighted by Crippen LogP contribution is -2.34. The van der Waals surface area contributed by atoms with Crippen LogP contribution in [0.1, 0.15) is 18.1 Å². The monoisotopic (exact) mass is 439 g/mol. The quantitative estimate of drug-likeness (QED) is 0.394. The van der Waals surface area contributed by atoms with Crippen molar-refractivity contribution in [1.29, 1.82) is 0 Å². The van der Waals surface area contributed by atoms with Gasteiger partial charge in [0, 0.05) is 6.54 Å². The molecular formula is C19H26IN3O. The van der Waals surface area contributed by atoms with Crippen LogP contribution in [0.15, 0.2) is 59.6 Å². The van der Waals surface area contributed by atoms with Crippen molar-refractivity contribution in [1.82, 2.24) is 5.32 Å². The lowest BCUT2D eigenvalue weighted by Gasteiger charge is -2.15. The zero-order valence-electron chi connectivity index (χ0n) is 14.2. The maximum Gasteiger partial charge on any atom is 0.188 e. The number of nitrogens with one attached hydrogen (secondary N) is 1. The first-order valence-electron chi connectivity index (χ1n) is 7.95. The van der Waals surface area contributed by atoms with Crippen molar-refractivity contribution in [2.45, 2.75) is 26.4 Å². The number of hydrogen-bond donors (Lipinski definition) is 2. The van der Waals surface area contributed by atoms with Gasteiger partial charge in [0.1, 0.15) is 11.9 Å². The Bertz CT molecular complexity index is 632. The average molecular weight is 439 g/mol. The molecule has 0 radical (unpaired) electrons. The summed E-state index contributed by atoms with van der Waals surface area (Å²) in [7, 11) is 0. The van der Waals surface area contributed by atoms with Gasteiger partial charge in [0.05, 0.1) is 6.54 Å². The van der Waals surface area contributed by atoms with E-state index in [0.29, 0.717) is 12.5 Å². The molecule has 2 aromatic rings. The minimum Gasteiger partial charge on any atom is -0.489 e. The number of guanidine groups is 1. The van der Waals surface area contributed by atoms with Crippen LogP contribution in [0.3, 0.4) is 0 Å². The molecule has 2 rings (SSSR count). The SMILES string of the molecule is Cc1ccccc1OC(C)CN=C(N)NCCc1ccccc1.I. The van der Waals surface area contributed by atoms with Crippen molar-refractivity contribution >= 4 is 29.9 Å². The summed E-state index contributed by atoms with van der Waals surface area (Å²) in [5.74, 6) is 1.35. The first-order valence-corrected chi connectivity index (χ1v) is 7.95. The highest BCUT2D eigenvalue weighted by molar-refractivity contribution is 14.0. The summed E-state index contributed by atoms with van der Waals surface area (Å²) >= 11 is 0. The molecule has 3 N–H and O–H groups in total. The summed E-state index contributed by atoms with van der Waals surface area (Å²) in [6.45, 7) is 5.32. The van der Waals surface area contributed by atoms with Gasteiger partial charge in [-0.2, -0.15) is 0 Å². The van der Waals surface area contributed by atoms with Gasteiger partial charge in [-0.25, -0.2) is 4.99 Å². The number of benzene rings is 2. The number of hydrogen-bond acceptors (Lipinski definition) is 2. The van der Waals surface area contributed by atoms with E-state index < -0.39 is 0 Å². The number of aliphatic imine (C=N–C) groups is 1. The molecule has 0 aliphatic carbocycles. The summed E-state index contributed by atoms with van der Waals surface area (Å²) < 4.78 is 5.88. The van der Waals surface area contributed by atoms with E-state index in [-0.39, 0.29) is 30.1 Å². The largest absolute Gasteiger partial charge is 0.489 e. The van der Waals surface area contributed by atoms with Gasteiger partial charge in [-0.05, 0) is 37.5 Å². The summed E-state index contributed by atoms with van der Waals surface area (Å²) in [5.41, 5.74) is 8.30. The van der Waals surface area contributed by atoms with Gasteiger partial charge in [0.2, 0.25) is 0 Å². The minimum absolute atomic E-state index is 0. The van der Waals surface area contributed by atoms with Gasteiger partial charge in [0.15, 0.2) is 5.96 Å². The maximum absolute atomic E-state index is 5.89. The van der Waals surface area contributed by atoms with E-state index in [1.165, 1.54) is 5.56 Å². The molecular weight excluding hydrogens is 413 g/mol. The first kappa shape index (κ1) is 20.3. The molecule has 0 aliphatic heterocycles. The Morgan fingerprint density at radius 2 is 1.79 bits per heavy atom. The van der Waals surface area contributed by atoms with Crippen LogP contribution in [0.2, 0.25) is 0 Å². The molecule has 4 nitrogen and oxygen atoms in total. The van der Waals surface area contributed by atoms with Crippen LogP contribution in [0.25, 0.3) is 0 Å². The second-order valence-electron chi connectivity index (χ2n) is 5.58. The molecule has 130 valence electrons. The molecule has 0 spiro atoms. The van der Waals surface area contributed by atoms with Gasteiger partial charge < -0.3 is 15.8 Å². The number of nitrogens with zero attached hydrogens (tertiary/aromatic N) is 1. The third-order valence-electron chi connectivity index (χ3n) is 3.50. The van der Waals surface area contributed by atoms with Gasteiger partial charge >= 0.3 is 0 Å². The van der Waals surface area contributed by atoms with E-state index in [0.717, 1.165) is 24.3 Å². The average Bonchev–Trinajstić information content (AvgIpc) is 2.56. The Labute approximate surface area is 161 Å². The van der Waals surface area contributed by atoms with Crippen LogP contribution >= 0.6 is 24.0 Å². The van der Waals surface area contributed by atoms with Gasteiger partial charge in [-0.3, -0.25) is 0 Å².